The van der Waals surface area contributed by atoms with Crippen LogP contribution in [0.4, 0.5) is 32.0 Å². The van der Waals surface area contributed by atoms with Gasteiger partial charge in [0.2, 0.25) is 29.9 Å². The molecule has 0 saturated heterocycles. The topological polar surface area (TPSA) is 195 Å². The minimum Gasteiger partial charge on any atom is -0.461 e. The molecule has 1 N–H and O–H groups in total. The van der Waals surface area contributed by atoms with Gasteiger partial charge in [0.1, 0.15) is 22.1 Å². The van der Waals surface area contributed by atoms with Crippen LogP contribution in [-0.4, -0.2) is 111 Å². The maximum absolute atomic E-state index is 13.3. The van der Waals surface area contributed by atoms with E-state index in [1.165, 1.54) is 19.9 Å². The van der Waals surface area contributed by atoms with Crippen LogP contribution < -0.4 is 75.1 Å². The van der Waals surface area contributed by atoms with Gasteiger partial charge >= 0.3 is 81.3 Å². The molecule has 0 aliphatic carbocycles. The molecule has 0 fully saturated rings. The summed E-state index contributed by atoms with van der Waals surface area (Å²) in [5, 5.41) is 0. The van der Waals surface area contributed by atoms with Gasteiger partial charge in [-0.1, -0.05) is 37.6 Å². The van der Waals surface area contributed by atoms with Crippen LogP contribution in [-0.2, 0) is 49.6 Å². The molecule has 0 radical (unpaired) electrons. The zero-order valence-corrected chi connectivity index (χ0v) is 41.8. The molecule has 0 aliphatic rings. The van der Waals surface area contributed by atoms with Gasteiger partial charge in [0.25, 0.3) is 23.6 Å². The van der Waals surface area contributed by atoms with Crippen molar-refractivity contribution in [3.05, 3.63) is 53.5 Å². The summed E-state index contributed by atoms with van der Waals surface area (Å²) in [6.45, 7) is 8.55. The van der Waals surface area contributed by atoms with Crippen molar-refractivity contribution in [2.45, 2.75) is 91.1 Å². The molecule has 1 aromatic carbocycles. The molecule has 2 aromatic rings. The third-order valence-electron chi connectivity index (χ3n) is 8.15. The molecule has 14 nitrogen and oxygen atoms in total. The van der Waals surface area contributed by atoms with E-state index in [0.29, 0.717) is 25.8 Å². The van der Waals surface area contributed by atoms with Crippen LogP contribution in [0.1, 0.15) is 70.0 Å². The fourth-order valence-corrected chi connectivity index (χ4v) is 17.3. The van der Waals surface area contributed by atoms with Gasteiger partial charge in [-0.25, -0.2) is 50.7 Å². The standard InChI is InChI=1S/C20H33F3N2O4S2.C12H16F3NO7S3.K.Li/c1-5-14-25(15-6-2)31(28,29)19(30(26,27)20(21,22)23)9-7-8-16-24(4)18-12-10-17(3)11-13-18;1-5-6-9-10(7-8(2)23-9)24(17,18)11(26(21,22)16(3)4)25(19,20)12(13,14)15;;/h10-13,19H,5-9,14-16H2,1-4H3;5-7,11H,1-4H3;;/q;;2*+1/p+1/b;6-5+;;. The van der Waals surface area contributed by atoms with E-state index in [1.54, 1.807) is 13.8 Å². The van der Waals surface area contributed by atoms with E-state index >= 15 is 0 Å². The predicted octanol–water partition coefficient (Wildman–Crippen LogP) is -1.46. The zero-order chi connectivity index (χ0) is 44.6. The van der Waals surface area contributed by atoms with Crippen LogP contribution in [0.5, 0.6) is 0 Å². The van der Waals surface area contributed by atoms with Gasteiger partial charge in [-0.05, 0) is 77.2 Å². The third kappa shape index (κ3) is 15.4. The number of furan rings is 1. The summed E-state index contributed by atoms with van der Waals surface area (Å²) in [6.07, 6.45) is 2.94. The number of unbranched alkanes of at least 4 members (excludes halogenated alkanes) is 1. The Morgan fingerprint density at radius 1 is 0.780 bits per heavy atom. The fraction of sp³-hybridized carbons (Fsp3) is 0.625. The van der Waals surface area contributed by atoms with E-state index in [0.717, 1.165) is 46.7 Å². The maximum atomic E-state index is 13.3. The Kier molecular flexibility index (Phi) is 24.8. The number of sulfone groups is 3. The molecule has 0 bridgehead atoms. The first-order valence-electron chi connectivity index (χ1n) is 17.2. The van der Waals surface area contributed by atoms with Crippen molar-refractivity contribution in [3.8, 4) is 0 Å². The third-order valence-corrected chi connectivity index (χ3v) is 21.8. The number of alkyl halides is 6. The van der Waals surface area contributed by atoms with Crippen LogP contribution in [0.15, 0.2) is 45.7 Å². The van der Waals surface area contributed by atoms with Gasteiger partial charge in [0.15, 0.2) is 4.58 Å². The first kappa shape index (κ1) is 60.8. The van der Waals surface area contributed by atoms with E-state index in [1.807, 2.05) is 38.2 Å². The fourth-order valence-electron chi connectivity index (χ4n) is 5.20. The van der Waals surface area contributed by atoms with Crippen LogP contribution in [0, 0.1) is 13.8 Å². The molecule has 0 spiro atoms. The SMILES string of the molecule is C/C=C/c1oc(C)cc1S(=O)(=O)C(S(=O)(=O)N(C)C)S(=O)(=O)C(F)(F)F.CCCN(CCC)S(=O)(=O)C(CCCC[NH+](C)c1ccc(C)cc1)S(=O)(=O)C(F)(F)F.[K+].[Li+]. The van der Waals surface area contributed by atoms with E-state index in [9.17, 15) is 68.4 Å². The number of quaternary nitrogens is 1. The number of allylic oxidation sites excluding steroid dienone is 1. The first-order chi connectivity index (χ1) is 25.8. The largest absolute Gasteiger partial charge is 1.00 e. The number of hydrogen-bond acceptors (Lipinski definition) is 11. The van der Waals surface area contributed by atoms with Crippen LogP contribution >= 0.6 is 0 Å². The summed E-state index contributed by atoms with van der Waals surface area (Å²) in [5.74, 6) is -0.552. The van der Waals surface area contributed by atoms with Crippen molar-refractivity contribution in [2.24, 2.45) is 0 Å². The second-order valence-electron chi connectivity index (χ2n) is 13.0. The van der Waals surface area contributed by atoms with Gasteiger partial charge in [0, 0.05) is 27.2 Å². The number of nitrogens with zero attached hydrogens (tertiary/aromatic N) is 2. The van der Waals surface area contributed by atoms with E-state index < -0.39 is 86.1 Å². The minimum absolute atomic E-state index is 0. The Bertz CT molecular complexity index is 2230. The number of rotatable bonds is 19. The molecule has 0 aliphatic heterocycles. The molecule has 59 heavy (non-hydrogen) atoms. The zero-order valence-electron chi connectivity index (χ0n) is 34.5. The molecular formula is C32H50F6KLiN3O11S5+3. The van der Waals surface area contributed by atoms with E-state index in [2.05, 4.69) is 0 Å². The molecule has 3 atom stereocenters. The summed E-state index contributed by atoms with van der Waals surface area (Å²) in [7, 11) is -24.9. The number of hydrogen-bond donors (Lipinski definition) is 1. The molecule has 1 heterocycles. The monoisotopic (exact) mass is 972 g/mol. The van der Waals surface area contributed by atoms with Gasteiger partial charge < -0.3 is 9.32 Å². The van der Waals surface area contributed by atoms with Crippen LogP contribution in [0.25, 0.3) is 6.08 Å². The summed E-state index contributed by atoms with van der Waals surface area (Å²) in [4.78, 5) is 0.0352. The summed E-state index contributed by atoms with van der Waals surface area (Å²) < 4.78 is 202. The molecule has 0 saturated carbocycles. The number of nitrogens with one attached hydrogen (secondary N) is 1. The predicted molar refractivity (Wildman–Crippen MR) is 203 cm³/mol. The van der Waals surface area contributed by atoms with Gasteiger partial charge in [0.05, 0.1) is 13.6 Å². The maximum Gasteiger partial charge on any atom is 1.00 e. The molecule has 3 unspecified atom stereocenters. The van der Waals surface area contributed by atoms with Crippen molar-refractivity contribution in [2.75, 3.05) is 40.8 Å². The van der Waals surface area contributed by atoms with Gasteiger partial charge in [-0.3, -0.25) is 0 Å². The van der Waals surface area contributed by atoms with Gasteiger partial charge in [-0.2, -0.15) is 26.3 Å². The average molecular weight is 973 g/mol. The second-order valence-corrected chi connectivity index (χ2v) is 24.7. The first-order valence-corrected chi connectivity index (χ1v) is 24.8. The van der Waals surface area contributed by atoms with Gasteiger partial charge in [-0.15, -0.1) is 0 Å². The van der Waals surface area contributed by atoms with Crippen molar-refractivity contribution in [1.82, 2.24) is 8.61 Å². The molecular weight excluding hydrogens is 923 g/mol. The van der Waals surface area contributed by atoms with Crippen LogP contribution in [0.3, 0.4) is 0 Å². The van der Waals surface area contributed by atoms with Crippen molar-refractivity contribution >= 4 is 61.3 Å². The average Bonchev–Trinajstić information content (AvgIpc) is 3.44. The van der Waals surface area contributed by atoms with E-state index in [-0.39, 0.29) is 99.8 Å². The summed E-state index contributed by atoms with van der Waals surface area (Å²) >= 11 is 0. The Morgan fingerprint density at radius 3 is 1.66 bits per heavy atom. The summed E-state index contributed by atoms with van der Waals surface area (Å²) in [5.41, 5.74) is -9.65. The van der Waals surface area contributed by atoms with Crippen LogP contribution in [0.2, 0.25) is 0 Å². The number of aryl methyl sites for hydroxylation is 2. The molecule has 2 rings (SSSR count). The van der Waals surface area contributed by atoms with Crippen molar-refractivity contribution < 1.29 is 148 Å². The Hall–Kier alpha value is -0.316. The Morgan fingerprint density at radius 2 is 1.25 bits per heavy atom. The Balaban J connectivity index is 0. The molecule has 27 heteroatoms. The molecule has 1 aromatic heterocycles. The normalized spacial score (nSPS) is 14.9. The summed E-state index contributed by atoms with van der Waals surface area (Å²) in [6, 6.07) is 8.55. The molecule has 330 valence electrons. The molecule has 0 amide bonds. The van der Waals surface area contributed by atoms with Crippen molar-refractivity contribution in [1.29, 1.82) is 0 Å². The number of benzene rings is 1. The minimum atomic E-state index is -6.65. The second kappa shape index (κ2) is 24.1. The van der Waals surface area contributed by atoms with E-state index in [4.69, 9.17) is 4.42 Å². The smallest absolute Gasteiger partial charge is 0.461 e. The number of sulfonamides is 2. The van der Waals surface area contributed by atoms with Crippen molar-refractivity contribution in [3.63, 3.8) is 0 Å². The quantitative estimate of drug-likeness (QED) is 0.0983. The Labute approximate surface area is 399 Å². The number of halogens is 6.